The van der Waals surface area contributed by atoms with E-state index in [2.05, 4.69) is 0 Å². The van der Waals surface area contributed by atoms with Crippen LogP contribution in [0.2, 0.25) is 5.02 Å². The maximum absolute atomic E-state index is 12.9. The molecule has 1 N–H and O–H groups in total. The van der Waals surface area contributed by atoms with Crippen LogP contribution in [0.5, 0.6) is 5.75 Å². The molecule has 4 nitrogen and oxygen atoms in total. The Bertz CT molecular complexity index is 1110. The fourth-order valence-corrected chi connectivity index (χ4v) is 4.83. The van der Waals surface area contributed by atoms with E-state index in [0.29, 0.717) is 16.1 Å². The van der Waals surface area contributed by atoms with Crippen LogP contribution in [0.1, 0.15) is 16.7 Å². The van der Waals surface area contributed by atoms with Crippen molar-refractivity contribution in [2.24, 2.45) is 0 Å². The Kier molecular flexibility index (Phi) is 4.46. The minimum Gasteiger partial charge on any atom is -0.507 e. The molecule has 0 saturated carbocycles. The third-order valence-corrected chi connectivity index (χ3v) is 6.93. The molecular weight excluding hydrogens is 382 g/mol. The Balaban J connectivity index is 1.68. The van der Waals surface area contributed by atoms with Gasteiger partial charge in [0.05, 0.1) is 4.90 Å². The van der Waals surface area contributed by atoms with Crippen molar-refractivity contribution in [1.29, 1.82) is 0 Å². The summed E-state index contributed by atoms with van der Waals surface area (Å²) < 4.78 is 27.3. The molecule has 1 heterocycles. The monoisotopic (exact) mass is 399 g/mol. The van der Waals surface area contributed by atoms with Crippen LogP contribution in [0.3, 0.4) is 0 Å². The lowest BCUT2D eigenvalue weighted by Gasteiger charge is -2.15. The van der Waals surface area contributed by atoms with Gasteiger partial charge < -0.3 is 5.11 Å². The maximum Gasteiger partial charge on any atom is 0.243 e. The van der Waals surface area contributed by atoms with Crippen LogP contribution in [0.25, 0.3) is 11.1 Å². The van der Waals surface area contributed by atoms with Crippen molar-refractivity contribution < 1.29 is 13.5 Å². The van der Waals surface area contributed by atoms with Gasteiger partial charge in [0.2, 0.25) is 10.0 Å². The van der Waals surface area contributed by atoms with E-state index in [1.54, 1.807) is 36.4 Å². The number of halogens is 1. The second kappa shape index (κ2) is 6.68. The number of fused-ring (bicyclic) bond motifs is 1. The number of phenolic OH excluding ortho intramolecular Hbond substituents is 1. The highest BCUT2D eigenvalue weighted by molar-refractivity contribution is 7.89. The smallest absolute Gasteiger partial charge is 0.243 e. The molecule has 0 amide bonds. The van der Waals surface area contributed by atoms with Crippen LogP contribution in [0.4, 0.5) is 0 Å². The lowest BCUT2D eigenvalue weighted by molar-refractivity contribution is 0.422. The molecule has 0 aromatic heterocycles. The number of sulfonamides is 1. The first kappa shape index (κ1) is 18.0. The summed E-state index contributed by atoms with van der Waals surface area (Å²) in [5.74, 6) is 0.122. The Hall–Kier alpha value is -2.34. The van der Waals surface area contributed by atoms with Gasteiger partial charge in [-0.1, -0.05) is 53.6 Å². The number of benzene rings is 3. The summed E-state index contributed by atoms with van der Waals surface area (Å²) in [4.78, 5) is 0.262. The van der Waals surface area contributed by atoms with Gasteiger partial charge in [0.15, 0.2) is 0 Å². The molecule has 0 radical (unpaired) electrons. The fraction of sp³-hybridized carbons (Fsp3) is 0.143. The zero-order chi connectivity index (χ0) is 19.2. The second-order valence-corrected chi connectivity index (χ2v) is 9.07. The summed E-state index contributed by atoms with van der Waals surface area (Å²) in [6.07, 6.45) is 0. The van der Waals surface area contributed by atoms with Gasteiger partial charge in [-0.2, -0.15) is 4.31 Å². The summed E-state index contributed by atoms with van der Waals surface area (Å²) in [5.41, 5.74) is 3.97. The molecule has 1 aliphatic rings. The van der Waals surface area contributed by atoms with E-state index in [0.717, 1.165) is 16.7 Å². The molecule has 3 aromatic carbocycles. The first-order valence-electron chi connectivity index (χ1n) is 8.53. The molecule has 0 bridgehead atoms. The zero-order valence-corrected chi connectivity index (χ0v) is 16.3. The molecule has 0 unspecified atom stereocenters. The minimum absolute atomic E-state index is 0.122. The predicted octanol–water partition coefficient (Wildman–Crippen LogP) is 4.73. The van der Waals surface area contributed by atoms with Gasteiger partial charge in [-0.25, -0.2) is 8.42 Å². The molecule has 3 aromatic rings. The van der Waals surface area contributed by atoms with E-state index in [1.165, 1.54) is 4.31 Å². The minimum atomic E-state index is -3.62. The average molecular weight is 400 g/mol. The van der Waals surface area contributed by atoms with Crippen molar-refractivity contribution in [3.63, 3.8) is 0 Å². The standard InChI is InChI=1S/C21H18ClNO3S/c1-14-2-9-18(10-3-14)27(25,26)23-12-16-6-11-19(21(24)20(16)13-23)15-4-7-17(22)8-5-15/h2-11,24H,12-13H2,1H3. The zero-order valence-electron chi connectivity index (χ0n) is 14.7. The average Bonchev–Trinajstić information content (AvgIpc) is 3.10. The van der Waals surface area contributed by atoms with Crippen molar-refractivity contribution >= 4 is 21.6 Å². The number of hydrogen-bond acceptors (Lipinski definition) is 3. The largest absolute Gasteiger partial charge is 0.507 e. The number of rotatable bonds is 3. The van der Waals surface area contributed by atoms with Crippen LogP contribution in [0.15, 0.2) is 65.6 Å². The summed E-state index contributed by atoms with van der Waals surface area (Å²) in [7, 11) is -3.62. The molecule has 0 atom stereocenters. The molecule has 0 aliphatic carbocycles. The van der Waals surface area contributed by atoms with Crippen molar-refractivity contribution in [3.8, 4) is 16.9 Å². The number of aryl methyl sites for hydroxylation is 1. The van der Waals surface area contributed by atoms with Crippen molar-refractivity contribution in [2.75, 3.05) is 0 Å². The summed E-state index contributed by atoms with van der Waals surface area (Å²) in [5, 5.41) is 11.4. The van der Waals surface area contributed by atoms with Gasteiger partial charge in [0, 0.05) is 29.2 Å². The van der Waals surface area contributed by atoms with Gasteiger partial charge in [-0.05, 0) is 42.3 Å². The van der Waals surface area contributed by atoms with Crippen LogP contribution in [0, 0.1) is 6.92 Å². The first-order valence-corrected chi connectivity index (χ1v) is 10.3. The number of phenols is 1. The normalized spacial score (nSPS) is 14.3. The molecular formula is C21H18ClNO3S. The molecule has 138 valence electrons. The van der Waals surface area contributed by atoms with Gasteiger partial charge in [0.1, 0.15) is 5.75 Å². The van der Waals surface area contributed by atoms with Gasteiger partial charge in [-0.15, -0.1) is 0 Å². The van der Waals surface area contributed by atoms with Crippen LogP contribution < -0.4 is 0 Å². The quantitative estimate of drug-likeness (QED) is 0.692. The first-order chi connectivity index (χ1) is 12.9. The number of hydrogen-bond donors (Lipinski definition) is 1. The molecule has 4 rings (SSSR count). The Labute approximate surface area is 163 Å². The Morgan fingerprint density at radius 1 is 0.926 bits per heavy atom. The molecule has 6 heteroatoms. The Morgan fingerprint density at radius 3 is 2.26 bits per heavy atom. The van der Waals surface area contributed by atoms with Crippen LogP contribution in [-0.2, 0) is 23.1 Å². The third kappa shape index (κ3) is 3.23. The van der Waals surface area contributed by atoms with Crippen molar-refractivity contribution in [3.05, 3.63) is 82.4 Å². The topological polar surface area (TPSA) is 57.6 Å². The number of nitrogens with zero attached hydrogens (tertiary/aromatic N) is 1. The van der Waals surface area contributed by atoms with Gasteiger partial charge >= 0.3 is 0 Å². The van der Waals surface area contributed by atoms with Crippen LogP contribution in [-0.4, -0.2) is 17.8 Å². The number of aromatic hydroxyl groups is 1. The highest BCUT2D eigenvalue weighted by Crippen LogP contribution is 2.40. The maximum atomic E-state index is 12.9. The van der Waals surface area contributed by atoms with Crippen LogP contribution >= 0.6 is 11.6 Å². The van der Waals surface area contributed by atoms with Gasteiger partial charge in [-0.3, -0.25) is 0 Å². The predicted molar refractivity (Wildman–Crippen MR) is 106 cm³/mol. The highest BCUT2D eigenvalue weighted by atomic mass is 35.5. The fourth-order valence-electron chi connectivity index (χ4n) is 3.32. The van der Waals surface area contributed by atoms with Crippen molar-refractivity contribution in [2.45, 2.75) is 24.9 Å². The lowest BCUT2D eigenvalue weighted by atomic mass is 9.99. The van der Waals surface area contributed by atoms with Crippen molar-refractivity contribution in [1.82, 2.24) is 4.31 Å². The molecule has 0 saturated heterocycles. The third-order valence-electron chi connectivity index (χ3n) is 4.87. The van der Waals surface area contributed by atoms with E-state index >= 15 is 0 Å². The lowest BCUT2D eigenvalue weighted by Crippen LogP contribution is -2.25. The summed E-state index contributed by atoms with van der Waals surface area (Å²) >= 11 is 5.93. The molecule has 0 spiro atoms. The van der Waals surface area contributed by atoms with E-state index in [9.17, 15) is 13.5 Å². The van der Waals surface area contributed by atoms with E-state index in [1.807, 2.05) is 31.2 Å². The van der Waals surface area contributed by atoms with Gasteiger partial charge in [0.25, 0.3) is 0 Å². The summed E-state index contributed by atoms with van der Waals surface area (Å²) in [6, 6.07) is 17.7. The Morgan fingerprint density at radius 2 is 1.59 bits per heavy atom. The molecule has 0 fully saturated rings. The SMILES string of the molecule is Cc1ccc(S(=O)(=O)N2Cc3ccc(-c4ccc(Cl)cc4)c(O)c3C2)cc1. The second-order valence-electron chi connectivity index (χ2n) is 6.69. The highest BCUT2D eigenvalue weighted by Gasteiger charge is 2.32. The van der Waals surface area contributed by atoms with E-state index < -0.39 is 10.0 Å². The summed E-state index contributed by atoms with van der Waals surface area (Å²) in [6.45, 7) is 2.32. The molecule has 27 heavy (non-hydrogen) atoms. The van der Waals surface area contributed by atoms with E-state index in [-0.39, 0.29) is 23.7 Å². The molecule has 1 aliphatic heterocycles. The van der Waals surface area contributed by atoms with E-state index in [4.69, 9.17) is 11.6 Å².